The molecule has 7 atom stereocenters. The molecule has 2 spiro atoms. The predicted molar refractivity (Wildman–Crippen MR) is 152 cm³/mol. The van der Waals surface area contributed by atoms with Gasteiger partial charge in [0.15, 0.2) is 11.5 Å². The third-order valence-electron chi connectivity index (χ3n) is 12.8. The van der Waals surface area contributed by atoms with E-state index in [0.717, 1.165) is 43.9 Å². The van der Waals surface area contributed by atoms with Crippen LogP contribution in [0.3, 0.4) is 0 Å². The van der Waals surface area contributed by atoms with Crippen LogP contribution in [0.4, 0.5) is 0 Å². The molecule has 7 aliphatic rings. The molecule has 5 nitrogen and oxygen atoms in total. The van der Waals surface area contributed by atoms with Gasteiger partial charge >= 0.3 is 5.97 Å². The monoisotopic (exact) mass is 535 g/mol. The van der Waals surface area contributed by atoms with Gasteiger partial charge in [0.1, 0.15) is 6.10 Å². The topological polar surface area (TPSA) is 59.0 Å². The Hall–Kier alpha value is -1.59. The first-order chi connectivity index (χ1) is 18.1. The zero-order chi connectivity index (χ0) is 28.0. The highest BCUT2D eigenvalue weighted by atomic mass is 16.6. The van der Waals surface area contributed by atoms with Crippen molar-refractivity contribution in [3.8, 4) is 11.5 Å². The number of carbonyl (C=O) groups is 1. The molecule has 5 aliphatic carbocycles. The van der Waals surface area contributed by atoms with E-state index >= 15 is 0 Å². The van der Waals surface area contributed by atoms with E-state index in [9.17, 15) is 9.90 Å². The van der Waals surface area contributed by atoms with Crippen LogP contribution in [0.2, 0.25) is 0 Å². The van der Waals surface area contributed by atoms with Crippen LogP contribution < -0.4 is 9.47 Å². The van der Waals surface area contributed by atoms with Crippen LogP contribution in [0.15, 0.2) is 12.1 Å². The molecule has 39 heavy (non-hydrogen) atoms. The fourth-order valence-corrected chi connectivity index (χ4v) is 10.0. The largest absolute Gasteiger partial charge is 0.485 e. The maximum absolute atomic E-state index is 13.1. The van der Waals surface area contributed by atoms with Gasteiger partial charge in [-0.2, -0.15) is 0 Å². The van der Waals surface area contributed by atoms with E-state index in [1.807, 2.05) is 26.8 Å². The molecule has 0 amide bonds. The van der Waals surface area contributed by atoms with Crippen molar-refractivity contribution in [2.24, 2.45) is 33.5 Å². The number of aliphatic hydroxyl groups is 1. The summed E-state index contributed by atoms with van der Waals surface area (Å²) in [6, 6.07) is 4.71. The van der Waals surface area contributed by atoms with Crippen molar-refractivity contribution in [3.63, 3.8) is 0 Å². The highest BCUT2D eigenvalue weighted by Gasteiger charge is 2.80. The molecule has 4 saturated carbocycles. The summed E-state index contributed by atoms with van der Waals surface area (Å²) in [5.41, 5.74) is 0.906. The Morgan fingerprint density at radius 2 is 1.82 bits per heavy atom. The summed E-state index contributed by atoms with van der Waals surface area (Å²) >= 11 is 0. The highest BCUT2D eigenvalue weighted by Crippen LogP contribution is 2.79. The van der Waals surface area contributed by atoms with E-state index in [1.165, 1.54) is 36.9 Å². The summed E-state index contributed by atoms with van der Waals surface area (Å²) in [5, 5.41) is 12.3. The zero-order valence-corrected chi connectivity index (χ0v) is 25.4. The van der Waals surface area contributed by atoms with E-state index in [2.05, 4.69) is 45.6 Å². The molecule has 2 heterocycles. The number of benzene rings is 1. The molecule has 0 aromatic heterocycles. The van der Waals surface area contributed by atoms with Gasteiger partial charge in [-0.05, 0) is 108 Å². The number of hydrogen-bond acceptors (Lipinski definition) is 5. The van der Waals surface area contributed by atoms with Crippen molar-refractivity contribution < 1.29 is 19.4 Å². The molecular weight excluding hydrogens is 486 g/mol. The number of nitrogens with zero attached hydrogens (tertiary/aromatic N) is 1. The van der Waals surface area contributed by atoms with Gasteiger partial charge in [0.25, 0.3) is 0 Å². The van der Waals surface area contributed by atoms with Crippen LogP contribution in [0.25, 0.3) is 0 Å². The van der Waals surface area contributed by atoms with Gasteiger partial charge < -0.3 is 14.6 Å². The fourth-order valence-electron chi connectivity index (χ4n) is 10.0. The second-order valence-corrected chi connectivity index (χ2v) is 16.8. The number of fused-ring (bicyclic) bond motifs is 2. The first-order valence-electron chi connectivity index (χ1n) is 15.6. The minimum absolute atomic E-state index is 0.0135. The van der Waals surface area contributed by atoms with Gasteiger partial charge in [0.05, 0.1) is 11.0 Å². The molecule has 8 rings (SSSR count). The van der Waals surface area contributed by atoms with E-state index in [4.69, 9.17) is 9.47 Å². The number of ether oxygens (including phenoxy) is 2. The molecule has 214 valence electrons. The van der Waals surface area contributed by atoms with Gasteiger partial charge in [0.2, 0.25) is 0 Å². The molecular formula is C34H49NO4. The first-order valence-corrected chi connectivity index (χ1v) is 15.6. The average Bonchev–Trinajstić information content (AvgIpc) is 3.57. The van der Waals surface area contributed by atoms with Crippen LogP contribution in [-0.4, -0.2) is 46.8 Å². The molecule has 1 aromatic carbocycles. The first kappa shape index (κ1) is 26.3. The van der Waals surface area contributed by atoms with Crippen LogP contribution >= 0.6 is 0 Å². The normalized spacial score (nSPS) is 40.1. The molecule has 2 aliphatic heterocycles. The molecule has 1 N–H and O–H groups in total. The Bertz CT molecular complexity index is 1230. The summed E-state index contributed by atoms with van der Waals surface area (Å²) in [5.74, 6) is 2.19. The van der Waals surface area contributed by atoms with Crippen LogP contribution in [-0.2, 0) is 16.6 Å². The zero-order valence-electron chi connectivity index (χ0n) is 25.4. The third kappa shape index (κ3) is 3.18. The van der Waals surface area contributed by atoms with Crippen molar-refractivity contribution in [3.05, 3.63) is 23.3 Å². The molecule has 5 unspecified atom stereocenters. The number of piperidine rings is 1. The Morgan fingerprint density at radius 3 is 2.46 bits per heavy atom. The van der Waals surface area contributed by atoms with Gasteiger partial charge in [-0.25, -0.2) is 0 Å². The van der Waals surface area contributed by atoms with Crippen molar-refractivity contribution in [1.29, 1.82) is 0 Å². The predicted octanol–water partition coefficient (Wildman–Crippen LogP) is 6.28. The summed E-state index contributed by atoms with van der Waals surface area (Å²) in [6.07, 6.45) is 8.16. The molecule has 5 heteroatoms. The number of esters is 1. The lowest BCUT2D eigenvalue weighted by atomic mass is 9.31. The van der Waals surface area contributed by atoms with Crippen molar-refractivity contribution >= 4 is 5.97 Å². The van der Waals surface area contributed by atoms with Crippen LogP contribution in [0.5, 0.6) is 11.5 Å². The minimum Gasteiger partial charge on any atom is -0.485 e. The summed E-state index contributed by atoms with van der Waals surface area (Å²) in [7, 11) is 0. The van der Waals surface area contributed by atoms with Crippen LogP contribution in [0, 0.1) is 33.5 Å². The summed E-state index contributed by atoms with van der Waals surface area (Å²) in [4.78, 5) is 15.9. The Balaban J connectivity index is 1.42. The third-order valence-corrected chi connectivity index (χ3v) is 12.8. The Morgan fingerprint density at radius 1 is 1.10 bits per heavy atom. The van der Waals surface area contributed by atoms with Gasteiger partial charge in [-0.3, -0.25) is 9.69 Å². The maximum atomic E-state index is 13.1. The minimum atomic E-state index is -0.827. The molecule has 4 bridgehead atoms. The highest BCUT2D eigenvalue weighted by molar-refractivity contribution is 5.79. The molecule has 5 fully saturated rings. The van der Waals surface area contributed by atoms with E-state index < -0.39 is 11.0 Å². The number of hydrogen-bond donors (Lipinski definition) is 1. The summed E-state index contributed by atoms with van der Waals surface area (Å²) < 4.78 is 13.3. The molecule has 0 radical (unpaired) electrons. The van der Waals surface area contributed by atoms with E-state index in [-0.39, 0.29) is 39.7 Å². The SMILES string of the molecule is CC(C)(C)C(=O)Oc1ccc2c3c1OC1C4(C)CCC5(C[C@@H]4C(C)(O)C(C)(C)C)C(C2)N(CC2CC2)CC[C@]315. The fraction of sp³-hybridized carbons (Fsp3) is 0.794. The van der Waals surface area contributed by atoms with Crippen LogP contribution in [0.1, 0.15) is 105 Å². The van der Waals surface area contributed by atoms with E-state index in [1.54, 1.807) is 0 Å². The second kappa shape index (κ2) is 7.62. The number of likely N-dealkylation sites (tertiary alicyclic amines) is 1. The Labute approximate surface area is 235 Å². The average molecular weight is 536 g/mol. The van der Waals surface area contributed by atoms with Gasteiger partial charge in [-0.15, -0.1) is 0 Å². The lowest BCUT2D eigenvalue weighted by Gasteiger charge is -2.75. The number of carbonyl (C=O) groups excluding carboxylic acids is 1. The van der Waals surface area contributed by atoms with Crippen molar-refractivity contribution in [2.45, 2.75) is 123 Å². The van der Waals surface area contributed by atoms with Gasteiger partial charge in [-0.1, -0.05) is 33.8 Å². The van der Waals surface area contributed by atoms with Crippen molar-refractivity contribution in [2.75, 3.05) is 13.1 Å². The molecule has 1 saturated heterocycles. The smallest absolute Gasteiger partial charge is 0.316 e. The van der Waals surface area contributed by atoms with Gasteiger partial charge in [0, 0.05) is 34.4 Å². The molecule has 1 aromatic rings. The summed E-state index contributed by atoms with van der Waals surface area (Å²) in [6.45, 7) is 19.1. The standard InChI is InChI=1S/C34H49NO4/c1-29(2,3)28(36)38-22-12-11-21-17-24-33-14-13-31(7,23(18-33)32(8,37)30(4,5)6)27-34(33,25(21)26(22)39-27)15-16-35(24)19-20-9-10-20/h11-12,20,23-24,27,37H,9-10,13-19H2,1-8H3/t23-,24?,27?,31?,32?,33?,34-/m0/s1. The van der Waals surface area contributed by atoms with Crippen molar-refractivity contribution in [1.82, 2.24) is 4.90 Å². The second-order valence-electron chi connectivity index (χ2n) is 16.8. The number of rotatable bonds is 4. The quantitative estimate of drug-likeness (QED) is 0.363. The van der Waals surface area contributed by atoms with E-state index in [0.29, 0.717) is 11.8 Å². The lowest BCUT2D eigenvalue weighted by molar-refractivity contribution is -0.276. The maximum Gasteiger partial charge on any atom is 0.316 e. The lowest BCUT2D eigenvalue weighted by Crippen LogP contribution is -2.80. The Kier molecular flexibility index (Phi) is 5.14.